The van der Waals surface area contributed by atoms with Crippen molar-refractivity contribution in [2.45, 2.75) is 6.04 Å². The van der Waals surface area contributed by atoms with Crippen molar-refractivity contribution in [2.24, 2.45) is 5.84 Å². The van der Waals surface area contributed by atoms with Gasteiger partial charge in [-0.2, -0.15) is 0 Å². The Bertz CT molecular complexity index is 602. The quantitative estimate of drug-likeness (QED) is 0.630. The number of hydrazine groups is 1. The predicted octanol–water partition coefficient (Wildman–Crippen LogP) is 2.27. The summed E-state index contributed by atoms with van der Waals surface area (Å²) in [7, 11) is 4.88. The second kappa shape index (κ2) is 6.97. The van der Waals surface area contributed by atoms with Crippen LogP contribution < -0.4 is 25.5 Å². The summed E-state index contributed by atoms with van der Waals surface area (Å²) in [6, 6.07) is 13.2. The van der Waals surface area contributed by atoms with Gasteiger partial charge in [0.1, 0.15) is 17.2 Å². The fourth-order valence-electron chi connectivity index (χ4n) is 2.24. The summed E-state index contributed by atoms with van der Waals surface area (Å²) in [5.74, 6) is 7.96. The maximum atomic E-state index is 5.74. The molecule has 0 saturated heterocycles. The van der Waals surface area contributed by atoms with Crippen LogP contribution in [0.15, 0.2) is 42.5 Å². The summed E-state index contributed by atoms with van der Waals surface area (Å²) in [4.78, 5) is 0. The van der Waals surface area contributed by atoms with Crippen molar-refractivity contribution in [2.75, 3.05) is 21.3 Å². The molecule has 0 aliphatic carbocycles. The Morgan fingerprint density at radius 2 is 1.62 bits per heavy atom. The first-order valence-electron chi connectivity index (χ1n) is 6.55. The van der Waals surface area contributed by atoms with Crippen LogP contribution in [0.1, 0.15) is 17.2 Å². The lowest BCUT2D eigenvalue weighted by Gasteiger charge is -2.20. The van der Waals surface area contributed by atoms with Crippen LogP contribution in [-0.2, 0) is 0 Å². The highest BCUT2D eigenvalue weighted by Gasteiger charge is 2.18. The molecule has 0 aliphatic heterocycles. The molecule has 0 saturated carbocycles. The smallest absolute Gasteiger partial charge is 0.127 e. The molecule has 1 unspecified atom stereocenters. The molecule has 0 fully saturated rings. The van der Waals surface area contributed by atoms with E-state index in [9.17, 15) is 0 Å². The minimum atomic E-state index is -0.207. The average Bonchev–Trinajstić information content (AvgIpc) is 2.56. The molecule has 5 heteroatoms. The highest BCUT2D eigenvalue weighted by atomic mass is 16.5. The summed E-state index contributed by atoms with van der Waals surface area (Å²) >= 11 is 0. The molecular weight excluding hydrogens is 268 g/mol. The first-order chi connectivity index (χ1) is 10.2. The highest BCUT2D eigenvalue weighted by molar-refractivity contribution is 5.47. The molecule has 1 atom stereocenters. The summed E-state index contributed by atoms with van der Waals surface area (Å²) in [5, 5.41) is 0. The summed E-state index contributed by atoms with van der Waals surface area (Å²) < 4.78 is 15.9. The first kappa shape index (κ1) is 15.2. The molecule has 0 aliphatic rings. The van der Waals surface area contributed by atoms with Crippen LogP contribution in [0.3, 0.4) is 0 Å². The summed E-state index contributed by atoms with van der Waals surface area (Å²) in [6.45, 7) is 0. The van der Waals surface area contributed by atoms with Crippen molar-refractivity contribution >= 4 is 0 Å². The average molecular weight is 288 g/mol. The number of nitrogens with two attached hydrogens (primary N) is 1. The molecule has 0 amide bonds. The van der Waals surface area contributed by atoms with Crippen LogP contribution in [0.25, 0.3) is 0 Å². The third-order valence-electron chi connectivity index (χ3n) is 3.35. The minimum Gasteiger partial charge on any atom is -0.497 e. The van der Waals surface area contributed by atoms with E-state index >= 15 is 0 Å². The molecule has 0 bridgehead atoms. The number of hydrogen-bond acceptors (Lipinski definition) is 5. The normalized spacial score (nSPS) is 11.8. The number of hydrogen-bond donors (Lipinski definition) is 2. The molecule has 0 radical (unpaired) electrons. The van der Waals surface area contributed by atoms with Gasteiger partial charge in [-0.05, 0) is 29.8 Å². The SMILES string of the molecule is COc1cccc(C(NN)c2ccc(OC)cc2OC)c1. The van der Waals surface area contributed by atoms with Crippen molar-refractivity contribution in [3.8, 4) is 17.2 Å². The van der Waals surface area contributed by atoms with Crippen LogP contribution in [0.2, 0.25) is 0 Å². The number of rotatable bonds is 6. The fourth-order valence-corrected chi connectivity index (χ4v) is 2.24. The van der Waals surface area contributed by atoms with Gasteiger partial charge in [0.15, 0.2) is 0 Å². The Kier molecular flexibility index (Phi) is 5.03. The lowest BCUT2D eigenvalue weighted by atomic mass is 9.98. The summed E-state index contributed by atoms with van der Waals surface area (Å²) in [5.41, 5.74) is 4.73. The predicted molar refractivity (Wildman–Crippen MR) is 81.7 cm³/mol. The molecule has 2 aromatic rings. The van der Waals surface area contributed by atoms with E-state index in [-0.39, 0.29) is 6.04 Å². The molecule has 2 rings (SSSR count). The van der Waals surface area contributed by atoms with E-state index < -0.39 is 0 Å². The second-order valence-corrected chi connectivity index (χ2v) is 4.48. The Balaban J connectivity index is 2.45. The van der Waals surface area contributed by atoms with Gasteiger partial charge in [0.05, 0.1) is 27.4 Å². The highest BCUT2D eigenvalue weighted by Crippen LogP contribution is 2.33. The number of nitrogens with one attached hydrogen (secondary N) is 1. The van der Waals surface area contributed by atoms with Gasteiger partial charge in [0, 0.05) is 11.6 Å². The van der Waals surface area contributed by atoms with E-state index in [4.69, 9.17) is 20.1 Å². The third-order valence-corrected chi connectivity index (χ3v) is 3.35. The monoisotopic (exact) mass is 288 g/mol. The van der Waals surface area contributed by atoms with Gasteiger partial charge in [-0.1, -0.05) is 12.1 Å². The van der Waals surface area contributed by atoms with E-state index in [1.54, 1.807) is 21.3 Å². The van der Waals surface area contributed by atoms with Crippen molar-refractivity contribution < 1.29 is 14.2 Å². The Morgan fingerprint density at radius 1 is 0.905 bits per heavy atom. The van der Waals surface area contributed by atoms with Gasteiger partial charge >= 0.3 is 0 Å². The van der Waals surface area contributed by atoms with Crippen LogP contribution in [0.4, 0.5) is 0 Å². The zero-order valence-corrected chi connectivity index (χ0v) is 12.4. The largest absolute Gasteiger partial charge is 0.497 e. The molecule has 3 N–H and O–H groups in total. The Labute approximate surface area is 124 Å². The second-order valence-electron chi connectivity index (χ2n) is 4.48. The van der Waals surface area contributed by atoms with E-state index in [1.807, 2.05) is 42.5 Å². The fraction of sp³-hybridized carbons (Fsp3) is 0.250. The number of ether oxygens (including phenoxy) is 3. The molecule has 2 aromatic carbocycles. The van der Waals surface area contributed by atoms with E-state index in [2.05, 4.69) is 5.43 Å². The number of benzene rings is 2. The van der Waals surface area contributed by atoms with Gasteiger partial charge < -0.3 is 14.2 Å². The maximum absolute atomic E-state index is 5.74. The van der Waals surface area contributed by atoms with Crippen molar-refractivity contribution in [1.29, 1.82) is 0 Å². The Hall–Kier alpha value is -2.24. The van der Waals surface area contributed by atoms with Gasteiger partial charge in [-0.3, -0.25) is 5.84 Å². The van der Waals surface area contributed by atoms with Crippen LogP contribution >= 0.6 is 0 Å². The zero-order chi connectivity index (χ0) is 15.2. The van der Waals surface area contributed by atoms with E-state index in [0.717, 1.165) is 22.6 Å². The molecule has 21 heavy (non-hydrogen) atoms. The zero-order valence-electron chi connectivity index (χ0n) is 12.4. The standard InChI is InChI=1S/C16H20N2O3/c1-19-12-6-4-5-11(9-12)16(18-17)14-8-7-13(20-2)10-15(14)21-3/h4-10,16,18H,17H2,1-3H3. The lowest BCUT2D eigenvalue weighted by Crippen LogP contribution is -2.29. The molecule has 112 valence electrons. The van der Waals surface area contributed by atoms with Gasteiger partial charge in [-0.25, -0.2) is 5.43 Å². The van der Waals surface area contributed by atoms with E-state index in [1.165, 1.54) is 0 Å². The third kappa shape index (κ3) is 3.26. The van der Waals surface area contributed by atoms with Gasteiger partial charge in [0.2, 0.25) is 0 Å². The summed E-state index contributed by atoms with van der Waals surface area (Å²) in [6.07, 6.45) is 0. The topological polar surface area (TPSA) is 65.7 Å². The van der Waals surface area contributed by atoms with Crippen molar-refractivity contribution in [1.82, 2.24) is 5.43 Å². The molecule has 5 nitrogen and oxygen atoms in total. The Morgan fingerprint density at radius 3 is 2.24 bits per heavy atom. The van der Waals surface area contributed by atoms with Gasteiger partial charge in [0.25, 0.3) is 0 Å². The molecule has 0 heterocycles. The van der Waals surface area contributed by atoms with E-state index in [0.29, 0.717) is 5.75 Å². The first-order valence-corrected chi connectivity index (χ1v) is 6.55. The molecular formula is C16H20N2O3. The van der Waals surface area contributed by atoms with Gasteiger partial charge in [-0.15, -0.1) is 0 Å². The lowest BCUT2D eigenvalue weighted by molar-refractivity contribution is 0.387. The molecule has 0 spiro atoms. The van der Waals surface area contributed by atoms with Crippen LogP contribution in [-0.4, -0.2) is 21.3 Å². The van der Waals surface area contributed by atoms with Crippen molar-refractivity contribution in [3.63, 3.8) is 0 Å². The minimum absolute atomic E-state index is 0.207. The van der Waals surface area contributed by atoms with Crippen LogP contribution in [0.5, 0.6) is 17.2 Å². The molecule has 0 aromatic heterocycles. The van der Waals surface area contributed by atoms with Crippen molar-refractivity contribution in [3.05, 3.63) is 53.6 Å². The number of methoxy groups -OCH3 is 3. The van der Waals surface area contributed by atoms with Crippen LogP contribution in [0, 0.1) is 0 Å². The maximum Gasteiger partial charge on any atom is 0.127 e.